The van der Waals surface area contributed by atoms with Crippen molar-refractivity contribution in [2.24, 2.45) is 16.5 Å². The molecule has 2 aromatic rings. The quantitative estimate of drug-likeness (QED) is 0.674. The number of benzene rings is 1. The normalized spacial score (nSPS) is 22.0. The van der Waals surface area contributed by atoms with Gasteiger partial charge in [0.1, 0.15) is 11.6 Å². The standard InChI is InChI=1S/C21H24F3N7/c1-14-4-6-15(7-5-14)20(26)13-17(25)28-19(29-20)31-11-9-30(10-12-31)18-16(21(22,23)24)3-2-8-27-18/h2-8,13H,9-12,25-26H2,1H3,(H,28,29). The number of halogens is 3. The van der Waals surface area contributed by atoms with Crippen molar-refractivity contribution in [3.05, 3.63) is 71.2 Å². The lowest BCUT2D eigenvalue weighted by atomic mass is 9.98. The zero-order valence-electron chi connectivity index (χ0n) is 17.0. The molecule has 1 atom stereocenters. The van der Waals surface area contributed by atoms with Crippen molar-refractivity contribution in [1.29, 1.82) is 0 Å². The average Bonchev–Trinajstić information content (AvgIpc) is 2.73. The van der Waals surface area contributed by atoms with Crippen molar-refractivity contribution in [2.45, 2.75) is 18.8 Å². The molecule has 7 nitrogen and oxygen atoms in total. The monoisotopic (exact) mass is 431 g/mol. The van der Waals surface area contributed by atoms with E-state index in [9.17, 15) is 13.2 Å². The van der Waals surface area contributed by atoms with Crippen LogP contribution >= 0.6 is 0 Å². The molecule has 164 valence electrons. The summed E-state index contributed by atoms with van der Waals surface area (Å²) in [5.74, 6) is 0.819. The molecule has 0 radical (unpaired) electrons. The summed E-state index contributed by atoms with van der Waals surface area (Å²) in [6, 6.07) is 10.1. The van der Waals surface area contributed by atoms with Gasteiger partial charge < -0.3 is 20.9 Å². The van der Waals surface area contributed by atoms with E-state index in [2.05, 4.69) is 15.3 Å². The van der Waals surface area contributed by atoms with E-state index in [1.807, 2.05) is 36.1 Å². The number of hydrogen-bond acceptors (Lipinski definition) is 7. The number of nitrogens with zero attached hydrogens (tertiary/aromatic N) is 4. The van der Waals surface area contributed by atoms with Gasteiger partial charge in [-0.1, -0.05) is 29.8 Å². The summed E-state index contributed by atoms with van der Waals surface area (Å²) < 4.78 is 40.0. The second-order valence-corrected chi connectivity index (χ2v) is 7.70. The maximum Gasteiger partial charge on any atom is 0.419 e. The van der Waals surface area contributed by atoms with Crippen LogP contribution in [0.1, 0.15) is 16.7 Å². The highest BCUT2D eigenvalue weighted by atomic mass is 19.4. The third-order valence-electron chi connectivity index (χ3n) is 5.41. The Kier molecular flexibility index (Phi) is 5.26. The van der Waals surface area contributed by atoms with E-state index in [1.165, 1.54) is 12.3 Å². The van der Waals surface area contributed by atoms with Gasteiger partial charge in [-0.2, -0.15) is 13.2 Å². The summed E-state index contributed by atoms with van der Waals surface area (Å²) >= 11 is 0. The number of nitrogens with one attached hydrogen (secondary N) is 1. The summed E-state index contributed by atoms with van der Waals surface area (Å²) in [5.41, 5.74) is 12.7. The molecule has 0 bridgehead atoms. The highest BCUT2D eigenvalue weighted by molar-refractivity contribution is 5.83. The first-order valence-electron chi connectivity index (χ1n) is 9.89. The number of pyridine rings is 1. The first-order valence-corrected chi connectivity index (χ1v) is 9.89. The van der Waals surface area contributed by atoms with E-state index in [0.29, 0.717) is 38.0 Å². The van der Waals surface area contributed by atoms with Gasteiger partial charge in [-0.25, -0.2) is 9.98 Å². The molecule has 0 saturated carbocycles. The highest BCUT2D eigenvalue weighted by Crippen LogP contribution is 2.35. The molecule has 0 aliphatic carbocycles. The fourth-order valence-corrected chi connectivity index (χ4v) is 3.76. The number of aliphatic imine (C=N–C) groups is 1. The molecule has 31 heavy (non-hydrogen) atoms. The average molecular weight is 431 g/mol. The lowest BCUT2D eigenvalue weighted by molar-refractivity contribution is -0.137. The minimum Gasteiger partial charge on any atom is -0.385 e. The lowest BCUT2D eigenvalue weighted by Crippen LogP contribution is -2.56. The Morgan fingerprint density at radius 2 is 1.68 bits per heavy atom. The maximum atomic E-state index is 13.3. The molecule has 2 aliphatic rings. The first-order chi connectivity index (χ1) is 14.7. The summed E-state index contributed by atoms with van der Waals surface area (Å²) in [6.07, 6.45) is -1.43. The van der Waals surface area contributed by atoms with E-state index >= 15 is 0 Å². The third kappa shape index (κ3) is 4.29. The maximum absolute atomic E-state index is 13.3. The molecule has 3 heterocycles. The summed E-state index contributed by atoms with van der Waals surface area (Å²) in [7, 11) is 0. The van der Waals surface area contributed by atoms with Crippen molar-refractivity contribution in [3.63, 3.8) is 0 Å². The minimum atomic E-state index is -4.46. The lowest BCUT2D eigenvalue weighted by Gasteiger charge is -2.40. The second kappa shape index (κ2) is 7.77. The molecular formula is C21H24F3N7. The Labute approximate surface area is 178 Å². The van der Waals surface area contributed by atoms with E-state index in [-0.39, 0.29) is 5.82 Å². The van der Waals surface area contributed by atoms with Crippen LogP contribution in [0.2, 0.25) is 0 Å². The van der Waals surface area contributed by atoms with Gasteiger partial charge in [0, 0.05) is 38.5 Å². The molecule has 1 aromatic heterocycles. The van der Waals surface area contributed by atoms with Gasteiger partial charge in [-0.05, 0) is 24.6 Å². The number of alkyl halides is 3. The minimum absolute atomic E-state index is 0.0552. The van der Waals surface area contributed by atoms with E-state index in [0.717, 1.165) is 17.2 Å². The van der Waals surface area contributed by atoms with E-state index in [4.69, 9.17) is 11.5 Å². The fourth-order valence-electron chi connectivity index (χ4n) is 3.76. The molecule has 0 amide bonds. The number of hydrogen-bond donors (Lipinski definition) is 3. The summed E-state index contributed by atoms with van der Waals surface area (Å²) in [4.78, 5) is 12.2. The van der Waals surface area contributed by atoms with Crippen LogP contribution in [0.3, 0.4) is 0 Å². The van der Waals surface area contributed by atoms with Crippen molar-refractivity contribution >= 4 is 11.8 Å². The first kappa shape index (κ1) is 21.0. The van der Waals surface area contributed by atoms with Gasteiger partial charge in [0.15, 0.2) is 5.66 Å². The SMILES string of the molecule is Cc1ccc(C2(N)C=C(N)NC(N3CCN(c4ncccc4C(F)(F)F)CC3)=N2)cc1. The molecule has 1 saturated heterocycles. The number of aromatic nitrogens is 1. The molecule has 0 spiro atoms. The largest absolute Gasteiger partial charge is 0.419 e. The highest BCUT2D eigenvalue weighted by Gasteiger charge is 2.37. The van der Waals surface area contributed by atoms with Crippen LogP contribution in [0.15, 0.2) is 59.5 Å². The Bertz CT molecular complexity index is 1010. The second-order valence-electron chi connectivity index (χ2n) is 7.70. The predicted molar refractivity (Wildman–Crippen MR) is 113 cm³/mol. The zero-order chi connectivity index (χ0) is 22.2. The number of anilines is 1. The van der Waals surface area contributed by atoms with Gasteiger partial charge in [0.2, 0.25) is 5.96 Å². The van der Waals surface area contributed by atoms with Crippen LogP contribution < -0.4 is 21.7 Å². The van der Waals surface area contributed by atoms with Gasteiger partial charge in [0.25, 0.3) is 0 Å². The molecule has 1 fully saturated rings. The Morgan fingerprint density at radius 1 is 1.03 bits per heavy atom. The van der Waals surface area contributed by atoms with Crippen molar-refractivity contribution < 1.29 is 13.2 Å². The molecule has 5 N–H and O–H groups in total. The van der Waals surface area contributed by atoms with Crippen LogP contribution in [0, 0.1) is 6.92 Å². The van der Waals surface area contributed by atoms with Crippen molar-refractivity contribution in [2.75, 3.05) is 31.1 Å². The number of piperazine rings is 1. The van der Waals surface area contributed by atoms with Crippen LogP contribution in [0.5, 0.6) is 0 Å². The van der Waals surface area contributed by atoms with Crippen LogP contribution in [-0.4, -0.2) is 42.0 Å². The molecule has 2 aliphatic heterocycles. The Hall–Kier alpha value is -3.27. The van der Waals surface area contributed by atoms with E-state index in [1.54, 1.807) is 11.0 Å². The van der Waals surface area contributed by atoms with Gasteiger partial charge in [0.05, 0.1) is 5.56 Å². The fraction of sp³-hybridized carbons (Fsp3) is 0.333. The van der Waals surface area contributed by atoms with Crippen molar-refractivity contribution in [3.8, 4) is 0 Å². The van der Waals surface area contributed by atoms with E-state index < -0.39 is 17.4 Å². The number of nitrogens with two attached hydrogens (primary N) is 2. The molecular weight excluding hydrogens is 407 g/mol. The zero-order valence-corrected chi connectivity index (χ0v) is 17.0. The van der Waals surface area contributed by atoms with Crippen LogP contribution in [-0.2, 0) is 11.8 Å². The number of guanidine groups is 1. The predicted octanol–water partition coefficient (Wildman–Crippen LogP) is 2.10. The summed E-state index contributed by atoms with van der Waals surface area (Å²) in [5, 5.41) is 3.03. The molecule has 1 aromatic carbocycles. The third-order valence-corrected chi connectivity index (χ3v) is 5.41. The summed E-state index contributed by atoms with van der Waals surface area (Å²) in [6.45, 7) is 3.58. The van der Waals surface area contributed by atoms with Crippen molar-refractivity contribution in [1.82, 2.24) is 15.2 Å². The van der Waals surface area contributed by atoms with Gasteiger partial charge >= 0.3 is 6.18 Å². The Morgan fingerprint density at radius 3 is 2.32 bits per heavy atom. The topological polar surface area (TPSA) is 95.8 Å². The molecule has 10 heteroatoms. The molecule has 4 rings (SSSR count). The van der Waals surface area contributed by atoms with Crippen LogP contribution in [0.4, 0.5) is 19.0 Å². The Balaban J connectivity index is 1.53. The van der Waals surface area contributed by atoms with Crippen LogP contribution in [0.25, 0.3) is 0 Å². The smallest absolute Gasteiger partial charge is 0.385 e. The van der Waals surface area contributed by atoms with Gasteiger partial charge in [-0.15, -0.1) is 0 Å². The van der Waals surface area contributed by atoms with Gasteiger partial charge in [-0.3, -0.25) is 5.73 Å². The molecule has 1 unspecified atom stereocenters. The number of rotatable bonds is 2. The number of aryl methyl sites for hydroxylation is 1.